The second-order valence-electron chi connectivity index (χ2n) is 6.09. The van der Waals surface area contributed by atoms with Crippen LogP contribution in [0.15, 0.2) is 96.5 Å². The molecule has 0 amide bonds. The lowest BCUT2D eigenvalue weighted by Gasteiger charge is -2.21. The molecule has 2 nitrogen and oxygen atoms in total. The summed E-state index contributed by atoms with van der Waals surface area (Å²) in [6, 6.07) is 25.4. The lowest BCUT2D eigenvalue weighted by atomic mass is 10.0. The standard InChI is InChI=1S/C23H22NOP/c1-4-23(24-3)22-17-21(16-15-18(22)2)26(25,19-11-7-5-8-12-19)20-13-9-6-10-14-20/h4-17H,1H2,2-3H3/b24-23-. The smallest absolute Gasteiger partial charge is 0.171 e. The lowest BCUT2D eigenvalue weighted by Crippen LogP contribution is -2.25. The third-order valence-electron chi connectivity index (χ3n) is 4.53. The molecular weight excluding hydrogens is 337 g/mol. The van der Waals surface area contributed by atoms with Crippen LogP contribution in [-0.2, 0) is 4.57 Å². The molecule has 0 aliphatic carbocycles. The normalized spacial score (nSPS) is 12.0. The fraction of sp³-hybridized carbons (Fsp3) is 0.0870. The first-order valence-corrected chi connectivity index (χ1v) is 10.2. The molecule has 0 unspecified atom stereocenters. The minimum Gasteiger partial charge on any atom is -0.309 e. The van der Waals surface area contributed by atoms with Crippen molar-refractivity contribution in [3.05, 3.63) is 103 Å². The second-order valence-corrected chi connectivity index (χ2v) is 8.86. The van der Waals surface area contributed by atoms with Crippen LogP contribution >= 0.6 is 7.14 Å². The van der Waals surface area contributed by atoms with Gasteiger partial charge in [0.2, 0.25) is 0 Å². The van der Waals surface area contributed by atoms with Crippen LogP contribution < -0.4 is 15.9 Å². The molecule has 0 radical (unpaired) electrons. The molecule has 3 aromatic rings. The summed E-state index contributed by atoms with van der Waals surface area (Å²) in [5.74, 6) is 0. The molecule has 0 saturated heterocycles. The highest BCUT2D eigenvalue weighted by atomic mass is 31.2. The van der Waals surface area contributed by atoms with Crippen molar-refractivity contribution in [2.24, 2.45) is 4.99 Å². The van der Waals surface area contributed by atoms with E-state index in [2.05, 4.69) is 11.6 Å². The monoisotopic (exact) mass is 359 g/mol. The minimum absolute atomic E-state index is 0.803. The van der Waals surface area contributed by atoms with Gasteiger partial charge in [0.15, 0.2) is 7.14 Å². The molecule has 130 valence electrons. The largest absolute Gasteiger partial charge is 0.309 e. The number of nitrogens with zero attached hydrogens (tertiary/aromatic N) is 1. The topological polar surface area (TPSA) is 29.4 Å². The van der Waals surface area contributed by atoms with Gasteiger partial charge in [-0.25, -0.2) is 0 Å². The van der Waals surface area contributed by atoms with Crippen molar-refractivity contribution in [1.29, 1.82) is 0 Å². The first-order valence-electron chi connectivity index (χ1n) is 8.53. The van der Waals surface area contributed by atoms with Crippen LogP contribution in [0.2, 0.25) is 0 Å². The highest BCUT2D eigenvalue weighted by Crippen LogP contribution is 2.42. The van der Waals surface area contributed by atoms with Crippen LogP contribution in [0.4, 0.5) is 0 Å². The summed E-state index contributed by atoms with van der Waals surface area (Å²) < 4.78 is 14.4. The van der Waals surface area contributed by atoms with Crippen LogP contribution in [-0.4, -0.2) is 12.8 Å². The molecule has 3 aromatic carbocycles. The van der Waals surface area contributed by atoms with Crippen LogP contribution in [0, 0.1) is 6.92 Å². The molecule has 0 aromatic heterocycles. The zero-order valence-electron chi connectivity index (χ0n) is 15.1. The molecular formula is C23H22NOP. The van der Waals surface area contributed by atoms with E-state index in [-0.39, 0.29) is 0 Å². The molecule has 0 heterocycles. The van der Waals surface area contributed by atoms with Crippen molar-refractivity contribution in [2.75, 3.05) is 7.05 Å². The number of rotatable bonds is 5. The zero-order valence-corrected chi connectivity index (χ0v) is 16.0. The van der Waals surface area contributed by atoms with Crippen molar-refractivity contribution in [3.63, 3.8) is 0 Å². The third-order valence-corrected chi connectivity index (χ3v) is 7.59. The second kappa shape index (κ2) is 7.68. The summed E-state index contributed by atoms with van der Waals surface area (Å²) >= 11 is 0. The van der Waals surface area contributed by atoms with E-state index < -0.39 is 7.14 Å². The predicted octanol–water partition coefficient (Wildman–Crippen LogP) is 4.24. The van der Waals surface area contributed by atoms with Gasteiger partial charge in [-0.1, -0.05) is 79.4 Å². The van der Waals surface area contributed by atoms with E-state index >= 15 is 0 Å². The Morgan fingerprint density at radius 1 is 0.885 bits per heavy atom. The first kappa shape index (κ1) is 18.1. The fourth-order valence-electron chi connectivity index (χ4n) is 3.13. The molecule has 0 N–H and O–H groups in total. The van der Waals surface area contributed by atoms with Crippen LogP contribution in [0.5, 0.6) is 0 Å². The number of benzene rings is 3. The summed E-state index contributed by atoms with van der Waals surface area (Å²) in [4.78, 5) is 4.32. The third kappa shape index (κ3) is 3.21. The minimum atomic E-state index is -2.97. The van der Waals surface area contributed by atoms with E-state index in [4.69, 9.17) is 0 Å². The highest BCUT2D eigenvalue weighted by Gasteiger charge is 2.30. The Morgan fingerprint density at radius 3 is 1.88 bits per heavy atom. The van der Waals surface area contributed by atoms with Crippen LogP contribution in [0.1, 0.15) is 11.1 Å². The number of hydrogen-bond acceptors (Lipinski definition) is 2. The zero-order chi connectivity index (χ0) is 18.6. The van der Waals surface area contributed by atoms with Crippen LogP contribution in [0.3, 0.4) is 0 Å². The molecule has 0 saturated carbocycles. The Kier molecular flexibility index (Phi) is 5.35. The number of aliphatic imine (C=N–C) groups is 1. The van der Waals surface area contributed by atoms with Gasteiger partial charge in [0.05, 0.1) is 5.71 Å². The van der Waals surface area contributed by atoms with Crippen molar-refractivity contribution < 1.29 is 4.57 Å². The summed E-state index contributed by atoms with van der Waals surface area (Å²) in [5, 5.41) is 2.46. The fourth-order valence-corrected chi connectivity index (χ4v) is 5.80. The first-order chi connectivity index (χ1) is 12.6. The van der Waals surface area contributed by atoms with E-state index in [9.17, 15) is 4.57 Å². The molecule has 0 fully saturated rings. The van der Waals surface area contributed by atoms with Gasteiger partial charge in [-0.3, -0.25) is 4.99 Å². The Labute approximate surface area is 155 Å². The van der Waals surface area contributed by atoms with Crippen molar-refractivity contribution in [1.82, 2.24) is 0 Å². The Balaban J connectivity index is 2.30. The maximum Gasteiger partial charge on any atom is 0.171 e. The Bertz CT molecular complexity index is 948. The van der Waals surface area contributed by atoms with Crippen molar-refractivity contribution in [3.8, 4) is 0 Å². The number of allylic oxidation sites excluding steroid dienone is 1. The van der Waals surface area contributed by atoms with E-state index in [1.165, 1.54) is 0 Å². The van der Waals surface area contributed by atoms with Gasteiger partial charge in [0.25, 0.3) is 0 Å². The van der Waals surface area contributed by atoms with Crippen molar-refractivity contribution >= 4 is 28.8 Å². The van der Waals surface area contributed by atoms with E-state index in [0.717, 1.165) is 32.8 Å². The molecule has 0 aliphatic rings. The van der Waals surface area contributed by atoms with Gasteiger partial charge < -0.3 is 4.57 Å². The van der Waals surface area contributed by atoms with Gasteiger partial charge in [-0.15, -0.1) is 0 Å². The SMILES string of the molecule is C=C/C(=N/C)c1cc(P(=O)(c2ccccc2)c2ccccc2)ccc1C. The lowest BCUT2D eigenvalue weighted by molar-refractivity contribution is 0.592. The summed E-state index contributed by atoms with van der Waals surface area (Å²) in [6.07, 6.45) is 1.74. The highest BCUT2D eigenvalue weighted by molar-refractivity contribution is 7.85. The average Bonchev–Trinajstić information content (AvgIpc) is 2.71. The molecule has 0 aliphatic heterocycles. The number of hydrogen-bond donors (Lipinski definition) is 0. The Hall–Kier alpha value is -2.70. The summed E-state index contributed by atoms with van der Waals surface area (Å²) in [7, 11) is -1.23. The predicted molar refractivity (Wildman–Crippen MR) is 113 cm³/mol. The van der Waals surface area contributed by atoms with Gasteiger partial charge in [-0.2, -0.15) is 0 Å². The van der Waals surface area contributed by atoms with E-state index in [0.29, 0.717) is 0 Å². The van der Waals surface area contributed by atoms with Crippen molar-refractivity contribution in [2.45, 2.75) is 6.92 Å². The molecule has 26 heavy (non-hydrogen) atoms. The summed E-state index contributed by atoms with van der Waals surface area (Å²) in [5.41, 5.74) is 2.85. The number of aryl methyl sites for hydroxylation is 1. The Morgan fingerprint density at radius 2 is 1.42 bits per heavy atom. The van der Waals surface area contributed by atoms with Gasteiger partial charge in [0.1, 0.15) is 0 Å². The van der Waals surface area contributed by atoms with Gasteiger partial charge in [0, 0.05) is 28.5 Å². The maximum atomic E-state index is 14.4. The molecule has 3 heteroatoms. The molecule has 0 spiro atoms. The van der Waals surface area contributed by atoms with Crippen LogP contribution in [0.25, 0.3) is 0 Å². The molecule has 3 rings (SSSR count). The summed E-state index contributed by atoms with van der Waals surface area (Å²) in [6.45, 7) is 5.89. The van der Waals surface area contributed by atoms with E-state index in [1.54, 1.807) is 13.1 Å². The average molecular weight is 359 g/mol. The molecule has 0 atom stereocenters. The quantitative estimate of drug-likeness (QED) is 0.495. The maximum absolute atomic E-state index is 14.4. The van der Waals surface area contributed by atoms with Gasteiger partial charge in [-0.05, 0) is 24.6 Å². The molecule has 0 bridgehead atoms. The van der Waals surface area contributed by atoms with E-state index in [1.807, 2.05) is 85.8 Å². The van der Waals surface area contributed by atoms with Gasteiger partial charge >= 0.3 is 0 Å².